The van der Waals surface area contributed by atoms with Crippen molar-refractivity contribution >= 4 is 29.7 Å². The first-order chi connectivity index (χ1) is 9.41. The highest BCUT2D eigenvalue weighted by atomic mass is 35.5. The van der Waals surface area contributed by atoms with E-state index >= 15 is 0 Å². The monoisotopic (exact) mass is 343 g/mol. The molecule has 3 nitrogen and oxygen atoms in total. The Kier molecular flexibility index (Phi) is 5.67. The van der Waals surface area contributed by atoms with Crippen LogP contribution >= 0.6 is 11.6 Å². The standard InChI is InChI=1S/C15H22ClNO2SSi/c1-13-6-8-14(9-7-13)20(18,19)17-12-15(2,16)10-11-21(3,4)5/h6-9,17H,12H2,1-5H3. The van der Waals surface area contributed by atoms with Crippen molar-refractivity contribution in [3.63, 3.8) is 0 Å². The molecule has 0 heterocycles. The van der Waals surface area contributed by atoms with Gasteiger partial charge in [0.05, 0.1) is 4.90 Å². The van der Waals surface area contributed by atoms with Crippen LogP contribution in [0.1, 0.15) is 12.5 Å². The highest BCUT2D eigenvalue weighted by molar-refractivity contribution is 7.89. The first kappa shape index (κ1) is 18.2. The summed E-state index contributed by atoms with van der Waals surface area (Å²) >= 11 is 6.28. The third kappa shape index (κ3) is 6.66. The fourth-order valence-electron chi connectivity index (χ4n) is 1.39. The zero-order chi connectivity index (χ0) is 16.3. The molecule has 1 unspecified atom stereocenters. The Bertz CT molecular complexity index is 650. The number of nitrogens with one attached hydrogen (secondary N) is 1. The van der Waals surface area contributed by atoms with Crippen LogP contribution in [0.5, 0.6) is 0 Å². The van der Waals surface area contributed by atoms with Crippen molar-refractivity contribution in [3.8, 4) is 11.5 Å². The second-order valence-electron chi connectivity index (χ2n) is 6.34. The zero-order valence-electron chi connectivity index (χ0n) is 13.1. The molecule has 0 spiro atoms. The summed E-state index contributed by atoms with van der Waals surface area (Å²) in [7, 11) is -5.09. The summed E-state index contributed by atoms with van der Waals surface area (Å²) in [5.41, 5.74) is 4.18. The molecule has 116 valence electrons. The number of benzene rings is 1. The first-order valence-corrected chi connectivity index (χ1v) is 12.1. The van der Waals surface area contributed by atoms with Crippen molar-refractivity contribution in [2.75, 3.05) is 6.54 Å². The van der Waals surface area contributed by atoms with Gasteiger partial charge in [-0.15, -0.1) is 17.1 Å². The summed E-state index contributed by atoms with van der Waals surface area (Å²) in [6.45, 7) is 10.0. The van der Waals surface area contributed by atoms with Gasteiger partial charge in [0.1, 0.15) is 12.9 Å². The van der Waals surface area contributed by atoms with Gasteiger partial charge in [0.25, 0.3) is 0 Å². The third-order valence-electron chi connectivity index (χ3n) is 2.62. The minimum atomic E-state index is -3.55. The lowest BCUT2D eigenvalue weighted by atomic mass is 10.2. The Morgan fingerprint density at radius 1 is 1.24 bits per heavy atom. The molecule has 1 N–H and O–H groups in total. The molecular weight excluding hydrogens is 322 g/mol. The number of alkyl halides is 1. The van der Waals surface area contributed by atoms with E-state index in [-0.39, 0.29) is 11.4 Å². The lowest BCUT2D eigenvalue weighted by molar-refractivity contribution is 0.576. The van der Waals surface area contributed by atoms with Gasteiger partial charge in [-0.1, -0.05) is 43.3 Å². The van der Waals surface area contributed by atoms with Crippen molar-refractivity contribution in [1.82, 2.24) is 4.72 Å². The topological polar surface area (TPSA) is 46.2 Å². The van der Waals surface area contributed by atoms with E-state index in [1.807, 2.05) is 6.92 Å². The predicted molar refractivity (Wildman–Crippen MR) is 91.7 cm³/mol. The van der Waals surface area contributed by atoms with E-state index in [9.17, 15) is 8.42 Å². The minimum absolute atomic E-state index is 0.0717. The van der Waals surface area contributed by atoms with Crippen LogP contribution in [0, 0.1) is 18.4 Å². The summed E-state index contributed by atoms with van der Waals surface area (Å²) in [6.07, 6.45) is 0. The van der Waals surface area contributed by atoms with E-state index in [0.717, 1.165) is 5.56 Å². The van der Waals surface area contributed by atoms with Gasteiger partial charge in [-0.2, -0.15) is 0 Å². The van der Waals surface area contributed by atoms with Gasteiger partial charge in [-0.3, -0.25) is 0 Å². The quantitative estimate of drug-likeness (QED) is 0.518. The molecule has 0 radical (unpaired) electrons. The molecule has 0 aliphatic heterocycles. The van der Waals surface area contributed by atoms with Crippen LogP contribution < -0.4 is 4.72 Å². The molecule has 1 atom stereocenters. The number of hydrogen-bond donors (Lipinski definition) is 1. The number of rotatable bonds is 4. The smallest absolute Gasteiger partial charge is 0.208 e. The molecule has 0 aliphatic rings. The lowest BCUT2D eigenvalue weighted by Gasteiger charge is -2.17. The Morgan fingerprint density at radius 2 is 1.76 bits per heavy atom. The van der Waals surface area contributed by atoms with E-state index in [1.54, 1.807) is 31.2 Å². The molecule has 0 aliphatic carbocycles. The van der Waals surface area contributed by atoms with Crippen molar-refractivity contribution in [3.05, 3.63) is 29.8 Å². The summed E-state index contributed by atoms with van der Waals surface area (Å²) in [5, 5.41) is 0. The second-order valence-corrected chi connectivity index (χ2v) is 13.7. The first-order valence-electron chi connectivity index (χ1n) is 6.71. The fourth-order valence-corrected chi connectivity index (χ4v) is 3.46. The van der Waals surface area contributed by atoms with Crippen LogP contribution in [0.3, 0.4) is 0 Å². The molecular formula is C15H22ClNO2SSi. The number of halogens is 1. The Morgan fingerprint density at radius 3 is 2.24 bits per heavy atom. The van der Waals surface area contributed by atoms with Gasteiger partial charge in [0.15, 0.2) is 0 Å². The Balaban J connectivity index is 2.81. The van der Waals surface area contributed by atoms with Crippen molar-refractivity contribution in [2.45, 2.75) is 43.3 Å². The van der Waals surface area contributed by atoms with E-state index in [4.69, 9.17) is 11.6 Å². The summed E-state index contributed by atoms with van der Waals surface area (Å²) in [6, 6.07) is 6.69. The Hall–Kier alpha value is -0.803. The van der Waals surface area contributed by atoms with Crippen molar-refractivity contribution < 1.29 is 8.42 Å². The van der Waals surface area contributed by atoms with Crippen LogP contribution in [0.4, 0.5) is 0 Å². The van der Waals surface area contributed by atoms with Gasteiger partial charge >= 0.3 is 0 Å². The van der Waals surface area contributed by atoms with Crippen LogP contribution in [0.25, 0.3) is 0 Å². The van der Waals surface area contributed by atoms with Gasteiger partial charge in [-0.05, 0) is 26.0 Å². The average molecular weight is 344 g/mol. The number of aryl methyl sites for hydroxylation is 1. The minimum Gasteiger partial charge on any atom is -0.208 e. The van der Waals surface area contributed by atoms with Crippen LogP contribution in [-0.4, -0.2) is 27.9 Å². The van der Waals surface area contributed by atoms with Gasteiger partial charge in [-0.25, -0.2) is 13.1 Å². The molecule has 1 rings (SSSR count). The molecule has 0 aromatic heterocycles. The molecule has 1 aromatic carbocycles. The maximum absolute atomic E-state index is 12.2. The third-order valence-corrected chi connectivity index (χ3v) is 5.14. The molecule has 0 amide bonds. The van der Waals surface area contributed by atoms with E-state index in [1.165, 1.54) is 0 Å². The van der Waals surface area contributed by atoms with Crippen LogP contribution in [0.2, 0.25) is 19.6 Å². The normalized spacial score (nSPS) is 15.0. The van der Waals surface area contributed by atoms with E-state index < -0.39 is 23.0 Å². The van der Waals surface area contributed by atoms with Crippen molar-refractivity contribution in [2.24, 2.45) is 0 Å². The molecule has 21 heavy (non-hydrogen) atoms. The van der Waals surface area contributed by atoms with Gasteiger partial charge in [0, 0.05) is 6.54 Å². The average Bonchev–Trinajstić information content (AvgIpc) is 2.34. The van der Waals surface area contributed by atoms with Gasteiger partial charge < -0.3 is 0 Å². The second kappa shape index (κ2) is 6.53. The maximum Gasteiger partial charge on any atom is 0.240 e. The highest BCUT2D eigenvalue weighted by Gasteiger charge is 2.23. The van der Waals surface area contributed by atoms with Crippen LogP contribution in [-0.2, 0) is 10.0 Å². The zero-order valence-corrected chi connectivity index (χ0v) is 15.7. The maximum atomic E-state index is 12.2. The predicted octanol–water partition coefficient (Wildman–Crippen LogP) is 3.15. The largest absolute Gasteiger partial charge is 0.240 e. The van der Waals surface area contributed by atoms with Crippen LogP contribution in [0.15, 0.2) is 29.2 Å². The highest BCUT2D eigenvalue weighted by Crippen LogP contribution is 2.15. The lowest BCUT2D eigenvalue weighted by Crippen LogP contribution is -2.36. The fraction of sp³-hybridized carbons (Fsp3) is 0.467. The number of hydrogen-bond acceptors (Lipinski definition) is 2. The number of sulfonamides is 1. The molecule has 0 fully saturated rings. The van der Waals surface area contributed by atoms with Crippen molar-refractivity contribution in [1.29, 1.82) is 0 Å². The molecule has 0 saturated heterocycles. The summed E-state index contributed by atoms with van der Waals surface area (Å²) < 4.78 is 26.9. The SMILES string of the molecule is Cc1ccc(S(=O)(=O)NCC(C)(Cl)C#C[Si](C)(C)C)cc1. The Labute approximate surface area is 134 Å². The molecule has 1 aromatic rings. The van der Waals surface area contributed by atoms with Gasteiger partial charge in [0.2, 0.25) is 10.0 Å². The summed E-state index contributed by atoms with van der Waals surface area (Å²) in [4.78, 5) is -0.670. The van der Waals surface area contributed by atoms with E-state index in [0.29, 0.717) is 0 Å². The summed E-state index contributed by atoms with van der Waals surface area (Å²) in [5.74, 6) is 2.98. The molecule has 0 saturated carbocycles. The molecule has 6 heteroatoms. The van der Waals surface area contributed by atoms with E-state index in [2.05, 4.69) is 35.8 Å². The molecule has 0 bridgehead atoms.